The third kappa shape index (κ3) is 3.54. The number of anilines is 1. The summed E-state index contributed by atoms with van der Waals surface area (Å²) in [5.41, 5.74) is 4.12. The van der Waals surface area contributed by atoms with Crippen molar-refractivity contribution in [2.24, 2.45) is 7.05 Å². The first-order valence-electron chi connectivity index (χ1n) is 8.76. The summed E-state index contributed by atoms with van der Waals surface area (Å²) in [4.78, 5) is 17.0. The minimum absolute atomic E-state index is 0.102. The van der Waals surface area contributed by atoms with E-state index in [0.29, 0.717) is 12.2 Å². The highest BCUT2D eigenvalue weighted by atomic mass is 16.2. The maximum Gasteiger partial charge on any atom is 0.273 e. The van der Waals surface area contributed by atoms with Crippen molar-refractivity contribution in [2.45, 2.75) is 39.7 Å². The smallest absolute Gasteiger partial charge is 0.273 e. The van der Waals surface area contributed by atoms with Crippen LogP contribution < -0.4 is 5.32 Å². The van der Waals surface area contributed by atoms with Crippen molar-refractivity contribution >= 4 is 11.6 Å². The van der Waals surface area contributed by atoms with E-state index in [-0.39, 0.29) is 11.3 Å². The third-order valence-electron chi connectivity index (χ3n) is 4.31. The van der Waals surface area contributed by atoms with Gasteiger partial charge in [0.2, 0.25) is 0 Å². The van der Waals surface area contributed by atoms with E-state index in [4.69, 9.17) is 0 Å². The van der Waals surface area contributed by atoms with Crippen LogP contribution in [0.25, 0.3) is 11.3 Å². The van der Waals surface area contributed by atoms with Gasteiger partial charge in [-0.3, -0.25) is 9.48 Å². The molecule has 3 aromatic rings. The van der Waals surface area contributed by atoms with Crippen molar-refractivity contribution in [1.29, 1.82) is 0 Å². The maximum atomic E-state index is 12.8. The van der Waals surface area contributed by atoms with E-state index in [0.717, 1.165) is 22.6 Å². The van der Waals surface area contributed by atoms with Gasteiger partial charge in [0, 0.05) is 30.3 Å². The van der Waals surface area contributed by atoms with Gasteiger partial charge in [0.05, 0.1) is 23.9 Å². The quantitative estimate of drug-likeness (QED) is 0.776. The van der Waals surface area contributed by atoms with Gasteiger partial charge in [0.1, 0.15) is 5.69 Å². The highest BCUT2D eigenvalue weighted by Gasteiger charge is 2.22. The minimum atomic E-state index is -0.156. The fourth-order valence-electron chi connectivity index (χ4n) is 2.79. The Morgan fingerprint density at radius 1 is 1.23 bits per heavy atom. The van der Waals surface area contributed by atoms with Gasteiger partial charge < -0.3 is 9.88 Å². The van der Waals surface area contributed by atoms with Crippen LogP contribution >= 0.6 is 0 Å². The molecule has 0 aliphatic heterocycles. The number of nitrogens with one attached hydrogen (secondary N) is 1. The molecule has 0 radical (unpaired) electrons. The number of carbonyl (C=O) groups excluding carboxylic acids is 1. The van der Waals surface area contributed by atoms with Crippen molar-refractivity contribution in [3.8, 4) is 11.3 Å². The third-order valence-corrected chi connectivity index (χ3v) is 4.31. The van der Waals surface area contributed by atoms with Gasteiger partial charge in [0.15, 0.2) is 0 Å². The number of imidazole rings is 1. The molecule has 0 atom stereocenters. The van der Waals surface area contributed by atoms with Crippen LogP contribution in [0.4, 0.5) is 5.69 Å². The SMILES string of the molecule is CCn1nc(C(C)(C)C)cc1C(=O)Nc1cccc(-c2cncn2C)c1. The number of nitrogens with zero attached hydrogens (tertiary/aromatic N) is 4. The van der Waals surface area contributed by atoms with E-state index in [2.05, 4.69) is 36.2 Å². The molecule has 0 aliphatic rings. The van der Waals surface area contributed by atoms with Crippen LogP contribution in [0.2, 0.25) is 0 Å². The first kappa shape index (κ1) is 17.9. The molecule has 6 nitrogen and oxygen atoms in total. The number of hydrogen-bond donors (Lipinski definition) is 1. The van der Waals surface area contributed by atoms with Gasteiger partial charge in [-0.15, -0.1) is 0 Å². The van der Waals surface area contributed by atoms with Crippen molar-refractivity contribution in [1.82, 2.24) is 19.3 Å². The maximum absolute atomic E-state index is 12.8. The van der Waals surface area contributed by atoms with E-state index in [1.54, 1.807) is 11.0 Å². The standard InChI is InChI=1S/C20H25N5O/c1-6-25-16(11-18(23-25)20(2,3)4)19(26)22-15-9-7-8-14(10-15)17-12-21-13-24(17)5/h7-13H,6H2,1-5H3,(H,22,26). The van der Waals surface area contributed by atoms with Gasteiger partial charge in [0.25, 0.3) is 5.91 Å². The molecule has 0 fully saturated rings. The van der Waals surface area contributed by atoms with Gasteiger partial charge in [-0.05, 0) is 25.1 Å². The van der Waals surface area contributed by atoms with Crippen LogP contribution in [-0.4, -0.2) is 25.2 Å². The lowest BCUT2D eigenvalue weighted by molar-refractivity contribution is 0.101. The molecular formula is C20H25N5O. The molecular weight excluding hydrogens is 326 g/mol. The average molecular weight is 351 g/mol. The largest absolute Gasteiger partial charge is 0.334 e. The van der Waals surface area contributed by atoms with E-state index >= 15 is 0 Å². The topological polar surface area (TPSA) is 64.7 Å². The van der Waals surface area contributed by atoms with Crippen molar-refractivity contribution in [3.63, 3.8) is 0 Å². The summed E-state index contributed by atoms with van der Waals surface area (Å²) in [6, 6.07) is 9.64. The second kappa shape index (κ2) is 6.78. The van der Waals surface area contributed by atoms with E-state index in [9.17, 15) is 4.79 Å². The van der Waals surface area contributed by atoms with Crippen LogP contribution in [0, 0.1) is 0 Å². The minimum Gasteiger partial charge on any atom is -0.334 e. The number of hydrogen-bond acceptors (Lipinski definition) is 3. The van der Waals surface area contributed by atoms with E-state index in [1.807, 2.05) is 55.1 Å². The van der Waals surface area contributed by atoms with Crippen LogP contribution in [-0.2, 0) is 19.0 Å². The molecule has 1 N–H and O–H groups in total. The number of aryl methyl sites for hydroxylation is 2. The zero-order valence-corrected chi connectivity index (χ0v) is 15.9. The zero-order chi connectivity index (χ0) is 18.9. The lowest BCUT2D eigenvalue weighted by atomic mass is 9.92. The average Bonchev–Trinajstić information content (AvgIpc) is 3.20. The van der Waals surface area contributed by atoms with Gasteiger partial charge in [-0.25, -0.2) is 4.98 Å². The monoisotopic (exact) mass is 351 g/mol. The molecule has 0 bridgehead atoms. The molecule has 3 rings (SSSR count). The highest BCUT2D eigenvalue weighted by Crippen LogP contribution is 2.24. The first-order valence-corrected chi connectivity index (χ1v) is 8.76. The summed E-state index contributed by atoms with van der Waals surface area (Å²) in [5, 5.41) is 7.57. The fourth-order valence-corrected chi connectivity index (χ4v) is 2.79. The summed E-state index contributed by atoms with van der Waals surface area (Å²) in [6.07, 6.45) is 3.57. The van der Waals surface area contributed by atoms with Crippen LogP contribution in [0.5, 0.6) is 0 Å². The van der Waals surface area contributed by atoms with Crippen molar-refractivity contribution < 1.29 is 4.79 Å². The molecule has 0 saturated carbocycles. The Labute approximate surface area is 153 Å². The number of benzene rings is 1. The summed E-state index contributed by atoms with van der Waals surface area (Å²) in [7, 11) is 1.95. The van der Waals surface area contributed by atoms with Gasteiger partial charge in [-0.1, -0.05) is 32.9 Å². The summed E-state index contributed by atoms with van der Waals surface area (Å²) in [6.45, 7) is 8.91. The van der Waals surface area contributed by atoms with Crippen molar-refractivity contribution in [2.75, 3.05) is 5.32 Å². The molecule has 2 heterocycles. The predicted octanol–water partition coefficient (Wildman–Crippen LogP) is 3.85. The zero-order valence-electron chi connectivity index (χ0n) is 15.9. The Kier molecular flexibility index (Phi) is 4.68. The number of aromatic nitrogens is 4. The summed E-state index contributed by atoms with van der Waals surface area (Å²) < 4.78 is 3.70. The lowest BCUT2D eigenvalue weighted by Gasteiger charge is -2.13. The van der Waals surface area contributed by atoms with Gasteiger partial charge >= 0.3 is 0 Å². The predicted molar refractivity (Wildman–Crippen MR) is 103 cm³/mol. The Morgan fingerprint density at radius 3 is 2.62 bits per heavy atom. The lowest BCUT2D eigenvalue weighted by Crippen LogP contribution is -2.17. The summed E-state index contributed by atoms with van der Waals surface area (Å²) in [5.74, 6) is -0.156. The van der Waals surface area contributed by atoms with Crippen LogP contribution in [0.1, 0.15) is 43.9 Å². The van der Waals surface area contributed by atoms with Gasteiger partial charge in [-0.2, -0.15) is 5.10 Å². The molecule has 0 unspecified atom stereocenters. The molecule has 6 heteroatoms. The Morgan fingerprint density at radius 2 is 2.00 bits per heavy atom. The molecule has 136 valence electrons. The number of carbonyl (C=O) groups is 1. The molecule has 0 aliphatic carbocycles. The van der Waals surface area contributed by atoms with Crippen LogP contribution in [0.3, 0.4) is 0 Å². The molecule has 0 spiro atoms. The number of rotatable bonds is 4. The molecule has 2 aromatic heterocycles. The van der Waals surface area contributed by atoms with E-state index < -0.39 is 0 Å². The molecule has 26 heavy (non-hydrogen) atoms. The second-order valence-electron chi connectivity index (χ2n) is 7.41. The molecule has 1 amide bonds. The second-order valence-corrected chi connectivity index (χ2v) is 7.41. The summed E-state index contributed by atoms with van der Waals surface area (Å²) >= 11 is 0. The van der Waals surface area contributed by atoms with Crippen LogP contribution in [0.15, 0.2) is 42.9 Å². The Hall–Kier alpha value is -2.89. The Bertz CT molecular complexity index is 930. The molecule has 0 saturated heterocycles. The fraction of sp³-hybridized carbons (Fsp3) is 0.350. The number of amides is 1. The Balaban J connectivity index is 1.87. The van der Waals surface area contributed by atoms with Crippen molar-refractivity contribution in [3.05, 3.63) is 54.2 Å². The normalized spacial score (nSPS) is 11.6. The highest BCUT2D eigenvalue weighted by molar-refractivity contribution is 6.03. The molecule has 1 aromatic carbocycles. The first-order chi connectivity index (χ1) is 12.3. The van der Waals surface area contributed by atoms with E-state index in [1.165, 1.54) is 0 Å².